The average molecular weight is 263 g/mol. The van der Waals surface area contributed by atoms with Crippen LogP contribution in [0.15, 0.2) is 18.2 Å². The van der Waals surface area contributed by atoms with Crippen molar-refractivity contribution in [3.05, 3.63) is 34.9 Å². The lowest BCUT2D eigenvalue weighted by Gasteiger charge is -2.18. The van der Waals surface area contributed by atoms with Crippen LogP contribution in [0.25, 0.3) is 0 Å². The molecule has 0 saturated heterocycles. The second kappa shape index (κ2) is 5.87. The Morgan fingerprint density at radius 2 is 1.89 bits per heavy atom. The van der Waals surface area contributed by atoms with E-state index in [-0.39, 0.29) is 12.3 Å². The fourth-order valence-corrected chi connectivity index (χ4v) is 1.78. The Hall–Kier alpha value is -1.84. The molecule has 1 aromatic rings. The predicted octanol–water partition coefficient (Wildman–Crippen LogP) is 2.42. The molecule has 4 heteroatoms. The Labute approximate surface area is 113 Å². The van der Waals surface area contributed by atoms with Crippen LogP contribution in [0.1, 0.15) is 37.0 Å². The summed E-state index contributed by atoms with van der Waals surface area (Å²) in [6.07, 6.45) is -0.0206. The highest BCUT2D eigenvalue weighted by molar-refractivity contribution is 5.84. The number of nitrogens with one attached hydrogen (secondary N) is 1. The first-order valence-electron chi connectivity index (χ1n) is 6.28. The van der Waals surface area contributed by atoms with Crippen LogP contribution in [0.2, 0.25) is 0 Å². The lowest BCUT2D eigenvalue weighted by molar-refractivity contribution is -0.149. The van der Waals surface area contributed by atoms with Gasteiger partial charge >= 0.3 is 5.97 Å². The van der Waals surface area contributed by atoms with Crippen molar-refractivity contribution in [2.24, 2.45) is 5.41 Å². The van der Waals surface area contributed by atoms with Gasteiger partial charge in [0, 0.05) is 13.0 Å². The number of hydrogen-bond acceptors (Lipinski definition) is 2. The highest BCUT2D eigenvalue weighted by Crippen LogP contribution is 2.20. The number of benzene rings is 1. The molecule has 0 spiro atoms. The second-order valence-corrected chi connectivity index (χ2v) is 5.57. The normalized spacial score (nSPS) is 11.2. The van der Waals surface area contributed by atoms with Crippen LogP contribution in [-0.2, 0) is 16.1 Å². The largest absolute Gasteiger partial charge is 0.481 e. The maximum Gasteiger partial charge on any atom is 0.309 e. The molecule has 0 aliphatic carbocycles. The third kappa shape index (κ3) is 4.39. The van der Waals surface area contributed by atoms with E-state index in [9.17, 15) is 9.59 Å². The number of carboxylic acid groups (broad SMARTS) is 1. The molecule has 0 bridgehead atoms. The molecular weight excluding hydrogens is 242 g/mol. The summed E-state index contributed by atoms with van der Waals surface area (Å²) in [6.45, 7) is 7.54. The molecule has 2 N–H and O–H groups in total. The summed E-state index contributed by atoms with van der Waals surface area (Å²) in [7, 11) is 0. The summed E-state index contributed by atoms with van der Waals surface area (Å²) in [6, 6.07) is 6.03. The Bertz CT molecular complexity index is 492. The van der Waals surface area contributed by atoms with Crippen molar-refractivity contribution < 1.29 is 14.7 Å². The topological polar surface area (TPSA) is 66.4 Å². The van der Waals surface area contributed by atoms with Gasteiger partial charge in [0.25, 0.3) is 0 Å². The third-order valence-corrected chi connectivity index (χ3v) is 3.16. The SMILES string of the molecule is Cc1ccc(CNC(=O)CC(C)(C)C(=O)O)c(C)c1. The van der Waals surface area contributed by atoms with Gasteiger partial charge in [-0.2, -0.15) is 0 Å². The molecule has 0 heterocycles. The standard InChI is InChI=1S/C15H21NO3/c1-10-5-6-12(11(2)7-10)9-16-13(17)8-15(3,4)14(18)19/h5-7H,8-9H2,1-4H3,(H,16,17)(H,18,19). The maximum absolute atomic E-state index is 11.7. The van der Waals surface area contributed by atoms with Gasteiger partial charge in [-0.15, -0.1) is 0 Å². The van der Waals surface area contributed by atoms with E-state index in [1.165, 1.54) is 5.56 Å². The van der Waals surface area contributed by atoms with Crippen molar-refractivity contribution in [1.82, 2.24) is 5.32 Å². The Kier molecular flexibility index (Phi) is 4.70. The molecule has 0 aromatic heterocycles. The zero-order valence-electron chi connectivity index (χ0n) is 11.9. The van der Waals surface area contributed by atoms with E-state index in [4.69, 9.17) is 5.11 Å². The number of aryl methyl sites for hydroxylation is 2. The van der Waals surface area contributed by atoms with Gasteiger partial charge < -0.3 is 10.4 Å². The second-order valence-electron chi connectivity index (χ2n) is 5.57. The summed E-state index contributed by atoms with van der Waals surface area (Å²) >= 11 is 0. The Morgan fingerprint density at radius 1 is 1.26 bits per heavy atom. The first kappa shape index (κ1) is 15.2. The molecule has 1 amide bonds. The minimum atomic E-state index is -1.04. The smallest absolute Gasteiger partial charge is 0.309 e. The van der Waals surface area contributed by atoms with Gasteiger partial charge in [0.05, 0.1) is 5.41 Å². The summed E-state index contributed by atoms with van der Waals surface area (Å²) in [5.41, 5.74) is 2.32. The molecule has 0 saturated carbocycles. The first-order valence-corrected chi connectivity index (χ1v) is 6.28. The number of carboxylic acids is 1. The lowest BCUT2D eigenvalue weighted by Crippen LogP contribution is -2.33. The molecule has 0 fully saturated rings. The molecule has 0 radical (unpaired) electrons. The Morgan fingerprint density at radius 3 is 2.42 bits per heavy atom. The van der Waals surface area contributed by atoms with Gasteiger partial charge in [-0.25, -0.2) is 0 Å². The van der Waals surface area contributed by atoms with E-state index in [0.717, 1.165) is 11.1 Å². The van der Waals surface area contributed by atoms with Crippen molar-refractivity contribution in [3.8, 4) is 0 Å². The molecule has 0 aliphatic heterocycles. The third-order valence-electron chi connectivity index (χ3n) is 3.16. The first-order chi connectivity index (χ1) is 8.72. The van der Waals surface area contributed by atoms with Crippen LogP contribution in [0.5, 0.6) is 0 Å². The minimum Gasteiger partial charge on any atom is -0.481 e. The van der Waals surface area contributed by atoms with Crippen molar-refractivity contribution in [3.63, 3.8) is 0 Å². The average Bonchev–Trinajstić information content (AvgIpc) is 2.27. The number of rotatable bonds is 5. The summed E-state index contributed by atoms with van der Waals surface area (Å²) in [4.78, 5) is 22.7. The van der Waals surface area contributed by atoms with Gasteiger partial charge in [-0.1, -0.05) is 23.8 Å². The molecule has 19 heavy (non-hydrogen) atoms. The zero-order chi connectivity index (χ0) is 14.6. The predicted molar refractivity (Wildman–Crippen MR) is 73.8 cm³/mol. The van der Waals surface area contributed by atoms with E-state index in [0.29, 0.717) is 6.54 Å². The van der Waals surface area contributed by atoms with E-state index < -0.39 is 11.4 Å². The van der Waals surface area contributed by atoms with Crippen LogP contribution in [0.3, 0.4) is 0 Å². The lowest BCUT2D eigenvalue weighted by atomic mass is 9.89. The van der Waals surface area contributed by atoms with Crippen LogP contribution >= 0.6 is 0 Å². The number of hydrogen-bond donors (Lipinski definition) is 2. The van der Waals surface area contributed by atoms with Crippen molar-refractivity contribution in [2.45, 2.75) is 40.7 Å². The van der Waals surface area contributed by atoms with Gasteiger partial charge in [-0.05, 0) is 38.8 Å². The Balaban J connectivity index is 2.57. The van der Waals surface area contributed by atoms with Crippen LogP contribution in [0.4, 0.5) is 0 Å². The van der Waals surface area contributed by atoms with Crippen molar-refractivity contribution >= 4 is 11.9 Å². The molecule has 0 unspecified atom stereocenters. The van der Waals surface area contributed by atoms with Gasteiger partial charge in [0.15, 0.2) is 0 Å². The fourth-order valence-electron chi connectivity index (χ4n) is 1.78. The minimum absolute atomic E-state index is 0.0206. The van der Waals surface area contributed by atoms with Crippen LogP contribution < -0.4 is 5.32 Å². The number of carbonyl (C=O) groups is 2. The number of carbonyl (C=O) groups excluding carboxylic acids is 1. The molecule has 1 aromatic carbocycles. The van der Waals surface area contributed by atoms with Crippen LogP contribution in [-0.4, -0.2) is 17.0 Å². The summed E-state index contributed by atoms with van der Waals surface area (Å²) < 4.78 is 0. The van der Waals surface area contributed by atoms with E-state index in [1.807, 2.05) is 26.0 Å². The quantitative estimate of drug-likeness (QED) is 0.857. The van der Waals surface area contributed by atoms with E-state index >= 15 is 0 Å². The highest BCUT2D eigenvalue weighted by Gasteiger charge is 2.29. The molecule has 104 valence electrons. The zero-order valence-corrected chi connectivity index (χ0v) is 11.9. The molecule has 4 nitrogen and oxygen atoms in total. The number of aliphatic carboxylic acids is 1. The van der Waals surface area contributed by atoms with Gasteiger partial charge in [0.1, 0.15) is 0 Å². The van der Waals surface area contributed by atoms with Crippen LogP contribution in [0, 0.1) is 19.3 Å². The van der Waals surface area contributed by atoms with Gasteiger partial charge in [0.2, 0.25) is 5.91 Å². The maximum atomic E-state index is 11.7. The monoisotopic (exact) mass is 263 g/mol. The van der Waals surface area contributed by atoms with E-state index in [2.05, 4.69) is 11.4 Å². The summed E-state index contributed by atoms with van der Waals surface area (Å²) in [5, 5.41) is 11.7. The van der Waals surface area contributed by atoms with Gasteiger partial charge in [-0.3, -0.25) is 9.59 Å². The number of amides is 1. The summed E-state index contributed by atoms with van der Waals surface area (Å²) in [5.74, 6) is -1.21. The van der Waals surface area contributed by atoms with Crippen molar-refractivity contribution in [2.75, 3.05) is 0 Å². The van der Waals surface area contributed by atoms with Crippen molar-refractivity contribution in [1.29, 1.82) is 0 Å². The highest BCUT2D eigenvalue weighted by atomic mass is 16.4. The molecule has 0 atom stereocenters. The molecule has 1 rings (SSSR count). The fraction of sp³-hybridized carbons (Fsp3) is 0.467. The van der Waals surface area contributed by atoms with E-state index in [1.54, 1.807) is 13.8 Å². The molecule has 0 aliphatic rings. The molecular formula is C15H21NO3.